The van der Waals surface area contributed by atoms with Crippen LogP contribution in [0.1, 0.15) is 23.2 Å². The maximum absolute atomic E-state index is 12.6. The monoisotopic (exact) mass is 272 g/mol. The molecule has 3 rings (SSSR count). The van der Waals surface area contributed by atoms with Crippen molar-refractivity contribution in [3.8, 4) is 0 Å². The third-order valence-electron chi connectivity index (χ3n) is 3.88. The number of carboxylic acid groups (broad SMARTS) is 1. The van der Waals surface area contributed by atoms with Crippen LogP contribution < -0.4 is 0 Å². The average molecular weight is 272 g/mol. The molecule has 0 radical (unpaired) electrons. The van der Waals surface area contributed by atoms with Gasteiger partial charge in [-0.2, -0.15) is 0 Å². The Balaban J connectivity index is 1.88. The van der Waals surface area contributed by atoms with E-state index in [0.717, 1.165) is 17.3 Å². The number of carbonyl (C=O) groups excluding carboxylic acids is 1. The number of para-hydroxylation sites is 1. The quantitative estimate of drug-likeness (QED) is 0.879. The lowest BCUT2D eigenvalue weighted by Gasteiger charge is -2.30. The highest BCUT2D eigenvalue weighted by molar-refractivity contribution is 6.05. The number of benzene rings is 1. The predicted octanol–water partition coefficient (Wildman–Crippen LogP) is 2.10. The number of nitrogens with zero attached hydrogens (tertiary/aromatic N) is 1. The summed E-state index contributed by atoms with van der Waals surface area (Å²) in [5.74, 6) is -1.36. The normalized spacial score (nSPS) is 19.2. The van der Waals surface area contributed by atoms with Gasteiger partial charge in [-0.1, -0.05) is 12.1 Å². The summed E-state index contributed by atoms with van der Waals surface area (Å²) in [6.45, 7) is 0.922. The van der Waals surface area contributed by atoms with Crippen molar-refractivity contribution in [2.45, 2.75) is 12.8 Å². The molecule has 2 aromatic rings. The van der Waals surface area contributed by atoms with Crippen molar-refractivity contribution in [2.24, 2.45) is 5.92 Å². The molecule has 20 heavy (non-hydrogen) atoms. The molecule has 2 heterocycles. The zero-order valence-corrected chi connectivity index (χ0v) is 11.0. The van der Waals surface area contributed by atoms with Gasteiger partial charge in [0.05, 0.1) is 17.0 Å². The van der Waals surface area contributed by atoms with Crippen LogP contribution in [0.15, 0.2) is 30.5 Å². The first kappa shape index (κ1) is 12.7. The van der Waals surface area contributed by atoms with E-state index in [2.05, 4.69) is 4.98 Å². The van der Waals surface area contributed by atoms with Gasteiger partial charge in [0.2, 0.25) is 0 Å². The Kier molecular flexibility index (Phi) is 3.18. The number of fused-ring (bicyclic) bond motifs is 1. The number of aliphatic carboxylic acids is 1. The molecule has 1 unspecified atom stereocenters. The Labute approximate surface area is 116 Å². The van der Waals surface area contributed by atoms with Gasteiger partial charge >= 0.3 is 5.97 Å². The molecule has 1 aromatic carbocycles. The molecule has 1 aliphatic rings. The highest BCUT2D eigenvalue weighted by Gasteiger charge is 2.29. The van der Waals surface area contributed by atoms with E-state index in [1.807, 2.05) is 18.2 Å². The van der Waals surface area contributed by atoms with Gasteiger partial charge in [-0.25, -0.2) is 0 Å². The first-order valence-corrected chi connectivity index (χ1v) is 6.75. The van der Waals surface area contributed by atoms with Gasteiger partial charge in [0.15, 0.2) is 0 Å². The summed E-state index contributed by atoms with van der Waals surface area (Å²) in [4.78, 5) is 28.4. The highest BCUT2D eigenvalue weighted by Crippen LogP contribution is 2.22. The first-order chi connectivity index (χ1) is 9.66. The summed E-state index contributed by atoms with van der Waals surface area (Å²) in [6, 6.07) is 7.49. The lowest BCUT2D eigenvalue weighted by molar-refractivity contribution is -0.143. The van der Waals surface area contributed by atoms with Crippen LogP contribution in [0.5, 0.6) is 0 Å². The number of rotatable bonds is 2. The number of aromatic amines is 1. The van der Waals surface area contributed by atoms with Crippen LogP contribution in [-0.4, -0.2) is 40.0 Å². The summed E-state index contributed by atoms with van der Waals surface area (Å²) in [5, 5.41) is 10.1. The van der Waals surface area contributed by atoms with Gasteiger partial charge in [-0.05, 0) is 25.0 Å². The van der Waals surface area contributed by atoms with Crippen molar-refractivity contribution in [3.05, 3.63) is 36.0 Å². The summed E-state index contributed by atoms with van der Waals surface area (Å²) in [7, 11) is 0. The fourth-order valence-electron chi connectivity index (χ4n) is 2.80. The fraction of sp³-hybridized carbons (Fsp3) is 0.333. The van der Waals surface area contributed by atoms with Crippen LogP contribution in [0.4, 0.5) is 0 Å². The molecule has 1 saturated heterocycles. The number of amides is 1. The van der Waals surface area contributed by atoms with E-state index in [9.17, 15) is 9.59 Å². The van der Waals surface area contributed by atoms with E-state index >= 15 is 0 Å². The molecule has 1 atom stereocenters. The van der Waals surface area contributed by atoms with Crippen molar-refractivity contribution < 1.29 is 14.7 Å². The third-order valence-corrected chi connectivity index (χ3v) is 3.88. The second-order valence-electron chi connectivity index (χ2n) is 5.18. The number of aromatic nitrogens is 1. The van der Waals surface area contributed by atoms with Crippen molar-refractivity contribution in [2.75, 3.05) is 13.1 Å². The summed E-state index contributed by atoms with van der Waals surface area (Å²) >= 11 is 0. The topological polar surface area (TPSA) is 73.4 Å². The van der Waals surface area contributed by atoms with Crippen LogP contribution in [-0.2, 0) is 4.79 Å². The van der Waals surface area contributed by atoms with E-state index in [0.29, 0.717) is 25.1 Å². The molecule has 104 valence electrons. The van der Waals surface area contributed by atoms with Crippen LogP contribution in [0.3, 0.4) is 0 Å². The number of carboxylic acids is 1. The second-order valence-corrected chi connectivity index (χ2v) is 5.18. The Bertz CT molecular complexity index is 662. The van der Waals surface area contributed by atoms with E-state index in [1.54, 1.807) is 17.2 Å². The highest BCUT2D eigenvalue weighted by atomic mass is 16.4. The minimum Gasteiger partial charge on any atom is -0.481 e. The summed E-state index contributed by atoms with van der Waals surface area (Å²) < 4.78 is 0. The molecule has 1 aliphatic heterocycles. The zero-order valence-electron chi connectivity index (χ0n) is 11.0. The van der Waals surface area contributed by atoms with Crippen molar-refractivity contribution >= 4 is 22.8 Å². The smallest absolute Gasteiger partial charge is 0.308 e. The molecule has 1 fully saturated rings. The van der Waals surface area contributed by atoms with Gasteiger partial charge < -0.3 is 15.0 Å². The molecule has 5 heteroatoms. The van der Waals surface area contributed by atoms with Gasteiger partial charge in [0, 0.05) is 24.7 Å². The minimum absolute atomic E-state index is 0.0935. The van der Waals surface area contributed by atoms with Crippen molar-refractivity contribution in [1.29, 1.82) is 0 Å². The SMILES string of the molecule is O=C(O)C1CCCN(C(=O)c2cccc3cc[nH]c23)C1. The van der Waals surface area contributed by atoms with Crippen LogP contribution in [0.25, 0.3) is 10.9 Å². The number of H-pyrrole nitrogens is 1. The molecule has 2 N–H and O–H groups in total. The van der Waals surface area contributed by atoms with Crippen LogP contribution in [0, 0.1) is 5.92 Å². The van der Waals surface area contributed by atoms with E-state index < -0.39 is 11.9 Å². The standard InChI is InChI=1S/C15H16N2O3/c18-14(17-8-2-4-11(9-17)15(19)20)12-5-1-3-10-6-7-16-13(10)12/h1,3,5-7,11,16H,2,4,8-9H2,(H,19,20). The number of nitrogens with one attached hydrogen (secondary N) is 1. The van der Waals surface area contributed by atoms with E-state index in [-0.39, 0.29) is 5.91 Å². The average Bonchev–Trinajstić information content (AvgIpc) is 2.95. The maximum atomic E-state index is 12.6. The second kappa shape index (κ2) is 5.00. The summed E-state index contributed by atoms with van der Waals surface area (Å²) in [5.41, 5.74) is 1.42. The molecule has 0 spiro atoms. The molecule has 0 saturated carbocycles. The Morgan fingerprint density at radius 2 is 2.15 bits per heavy atom. The van der Waals surface area contributed by atoms with Gasteiger partial charge in [0.1, 0.15) is 0 Å². The van der Waals surface area contributed by atoms with E-state index in [1.165, 1.54) is 0 Å². The fourth-order valence-corrected chi connectivity index (χ4v) is 2.80. The van der Waals surface area contributed by atoms with Crippen LogP contribution in [0.2, 0.25) is 0 Å². The minimum atomic E-state index is -0.819. The van der Waals surface area contributed by atoms with Crippen molar-refractivity contribution in [3.63, 3.8) is 0 Å². The number of hydrogen-bond donors (Lipinski definition) is 2. The molecular formula is C15H16N2O3. The zero-order chi connectivity index (χ0) is 14.1. The lowest BCUT2D eigenvalue weighted by atomic mass is 9.97. The molecule has 1 aromatic heterocycles. The predicted molar refractivity (Wildman–Crippen MR) is 74.6 cm³/mol. The lowest BCUT2D eigenvalue weighted by Crippen LogP contribution is -2.42. The number of piperidine rings is 1. The van der Waals surface area contributed by atoms with Crippen LogP contribution >= 0.6 is 0 Å². The third kappa shape index (κ3) is 2.15. The molecule has 0 bridgehead atoms. The molecule has 5 nitrogen and oxygen atoms in total. The van der Waals surface area contributed by atoms with Gasteiger partial charge in [-0.3, -0.25) is 9.59 Å². The van der Waals surface area contributed by atoms with Gasteiger partial charge in [-0.15, -0.1) is 0 Å². The summed E-state index contributed by atoms with van der Waals surface area (Å²) in [6.07, 6.45) is 3.19. The first-order valence-electron chi connectivity index (χ1n) is 6.75. The Hall–Kier alpha value is -2.30. The number of carbonyl (C=O) groups is 2. The molecule has 1 amide bonds. The largest absolute Gasteiger partial charge is 0.481 e. The van der Waals surface area contributed by atoms with Gasteiger partial charge in [0.25, 0.3) is 5.91 Å². The van der Waals surface area contributed by atoms with Crippen molar-refractivity contribution in [1.82, 2.24) is 9.88 Å². The maximum Gasteiger partial charge on any atom is 0.308 e. The Morgan fingerprint density at radius 3 is 2.95 bits per heavy atom. The molecule has 0 aliphatic carbocycles. The Morgan fingerprint density at radius 1 is 1.30 bits per heavy atom. The number of likely N-dealkylation sites (tertiary alicyclic amines) is 1. The van der Waals surface area contributed by atoms with E-state index in [4.69, 9.17) is 5.11 Å². The number of hydrogen-bond acceptors (Lipinski definition) is 2. The molecular weight excluding hydrogens is 256 g/mol.